The Morgan fingerprint density at radius 2 is 1.67 bits per heavy atom. The van der Waals surface area contributed by atoms with Crippen molar-refractivity contribution in [3.05, 3.63) is 74.4 Å². The van der Waals surface area contributed by atoms with Crippen LogP contribution in [0.5, 0.6) is 5.75 Å². The summed E-state index contributed by atoms with van der Waals surface area (Å²) in [6.07, 6.45) is 0. The molecule has 24 heavy (non-hydrogen) atoms. The first-order valence-corrected chi connectivity index (χ1v) is 7.34. The smallest absolute Gasteiger partial charge is 0.372 e. The van der Waals surface area contributed by atoms with Crippen molar-refractivity contribution < 1.29 is 5.11 Å². The number of hydrogen-bond donors (Lipinski definition) is 1. The fraction of sp³-hybridized carbons (Fsp3) is 0. The van der Waals surface area contributed by atoms with Crippen LogP contribution in [-0.4, -0.2) is 24.4 Å². The van der Waals surface area contributed by atoms with E-state index in [9.17, 15) is 14.7 Å². The van der Waals surface area contributed by atoms with Crippen LogP contribution in [0.3, 0.4) is 0 Å². The number of halogens is 1. The van der Waals surface area contributed by atoms with Gasteiger partial charge in [0.15, 0.2) is 0 Å². The maximum Gasteiger partial charge on any atom is 0.372 e. The average Bonchev–Trinajstić information content (AvgIpc) is 2.93. The van der Waals surface area contributed by atoms with Crippen LogP contribution in [0.25, 0.3) is 22.5 Å². The van der Waals surface area contributed by atoms with Crippen LogP contribution in [0.15, 0.2) is 58.1 Å². The third-order valence-electron chi connectivity index (χ3n) is 3.68. The normalized spacial score (nSPS) is 11.2. The molecule has 0 amide bonds. The average molecular weight is 341 g/mol. The maximum atomic E-state index is 12.8. The molecule has 2 aromatic rings. The molecule has 0 radical (unpaired) electrons. The van der Waals surface area contributed by atoms with Crippen LogP contribution in [0.4, 0.5) is 0 Å². The Morgan fingerprint density at radius 1 is 0.917 bits per heavy atom. The molecule has 4 rings (SSSR count). The van der Waals surface area contributed by atoms with E-state index < -0.39 is 17.0 Å². The van der Waals surface area contributed by atoms with E-state index in [-0.39, 0.29) is 5.82 Å². The van der Waals surface area contributed by atoms with Gasteiger partial charge in [-0.05, 0) is 30.3 Å². The molecule has 2 aliphatic heterocycles. The van der Waals surface area contributed by atoms with E-state index in [0.717, 1.165) is 4.57 Å². The first kappa shape index (κ1) is 14.4. The summed E-state index contributed by atoms with van der Waals surface area (Å²) < 4.78 is 2.37. The number of fused-ring (bicyclic) bond motifs is 3. The van der Waals surface area contributed by atoms with Gasteiger partial charge >= 0.3 is 11.2 Å². The van der Waals surface area contributed by atoms with Crippen LogP contribution in [0, 0.1) is 0 Å². The minimum atomic E-state index is -0.726. The van der Waals surface area contributed by atoms with Crippen LogP contribution < -0.4 is 11.2 Å². The summed E-state index contributed by atoms with van der Waals surface area (Å²) in [5.74, 6) is -0.868. The van der Waals surface area contributed by atoms with Crippen molar-refractivity contribution in [1.82, 2.24) is 19.3 Å². The van der Waals surface area contributed by atoms with E-state index in [1.165, 1.54) is 4.57 Å². The van der Waals surface area contributed by atoms with Crippen LogP contribution in [0.1, 0.15) is 0 Å². The zero-order chi connectivity index (χ0) is 16.8. The molecule has 2 heterocycles. The molecular formula is C16H9ClN4O3. The topological polar surface area (TPSA) is 90.0 Å². The SMILES string of the molecule is O=c1nnc2c(O)c(=O)n(-c3ccccc3)c3cc(Cl)ccc3n1-2. The van der Waals surface area contributed by atoms with Gasteiger partial charge in [-0.15, -0.1) is 5.10 Å². The fourth-order valence-electron chi connectivity index (χ4n) is 2.65. The van der Waals surface area contributed by atoms with Crippen molar-refractivity contribution in [2.75, 3.05) is 0 Å². The summed E-state index contributed by atoms with van der Waals surface area (Å²) in [6.45, 7) is 0. The van der Waals surface area contributed by atoms with Gasteiger partial charge in [-0.1, -0.05) is 34.9 Å². The lowest BCUT2D eigenvalue weighted by Gasteiger charge is -2.07. The van der Waals surface area contributed by atoms with E-state index in [1.807, 2.05) is 0 Å². The highest BCUT2D eigenvalue weighted by molar-refractivity contribution is 6.31. The molecular weight excluding hydrogens is 332 g/mol. The highest BCUT2D eigenvalue weighted by Gasteiger charge is 2.21. The first-order chi connectivity index (χ1) is 11.6. The van der Waals surface area contributed by atoms with Gasteiger partial charge in [0, 0.05) is 10.7 Å². The predicted molar refractivity (Wildman–Crippen MR) is 88.6 cm³/mol. The third kappa shape index (κ3) is 1.99. The summed E-state index contributed by atoms with van der Waals surface area (Å²) >= 11 is 6.08. The molecule has 0 saturated carbocycles. The number of aromatic hydroxyl groups is 1. The van der Waals surface area contributed by atoms with Crippen molar-refractivity contribution in [1.29, 1.82) is 0 Å². The number of aromatic nitrogens is 4. The summed E-state index contributed by atoms with van der Waals surface area (Å²) in [7, 11) is 0. The zero-order valence-electron chi connectivity index (χ0n) is 12.0. The van der Waals surface area contributed by atoms with Crippen LogP contribution in [0.2, 0.25) is 5.02 Å². The minimum absolute atomic E-state index is 0.202. The van der Waals surface area contributed by atoms with Crippen molar-refractivity contribution in [2.24, 2.45) is 0 Å². The van der Waals surface area contributed by atoms with Crippen LogP contribution in [-0.2, 0) is 0 Å². The summed E-state index contributed by atoms with van der Waals surface area (Å²) in [6, 6.07) is 13.4. The van der Waals surface area contributed by atoms with Gasteiger partial charge in [0.05, 0.1) is 11.0 Å². The Kier molecular flexibility index (Phi) is 3.10. The van der Waals surface area contributed by atoms with E-state index in [4.69, 9.17) is 11.6 Å². The van der Waals surface area contributed by atoms with Crippen molar-refractivity contribution in [3.8, 4) is 17.3 Å². The number of nitrogens with zero attached hydrogens (tertiary/aromatic N) is 4. The molecule has 0 aliphatic carbocycles. The Bertz CT molecular complexity index is 1170. The molecule has 0 spiro atoms. The second kappa shape index (κ2) is 5.17. The minimum Gasteiger partial charge on any atom is -0.500 e. The molecule has 118 valence electrons. The lowest BCUT2D eigenvalue weighted by molar-refractivity contribution is 0.461. The summed E-state index contributed by atoms with van der Waals surface area (Å²) in [4.78, 5) is 24.9. The Morgan fingerprint density at radius 3 is 2.42 bits per heavy atom. The molecule has 0 fully saturated rings. The van der Waals surface area contributed by atoms with Gasteiger partial charge in [-0.2, -0.15) is 0 Å². The maximum absolute atomic E-state index is 12.8. The van der Waals surface area contributed by atoms with Crippen molar-refractivity contribution in [2.45, 2.75) is 0 Å². The second-order valence-corrected chi connectivity index (χ2v) is 5.54. The van der Waals surface area contributed by atoms with E-state index in [2.05, 4.69) is 10.2 Å². The van der Waals surface area contributed by atoms with Gasteiger partial charge in [-0.25, -0.2) is 9.36 Å². The van der Waals surface area contributed by atoms with Gasteiger partial charge < -0.3 is 5.11 Å². The number of benzene rings is 2. The monoisotopic (exact) mass is 340 g/mol. The van der Waals surface area contributed by atoms with Gasteiger partial charge in [0.2, 0.25) is 11.6 Å². The quantitative estimate of drug-likeness (QED) is 0.570. The van der Waals surface area contributed by atoms with E-state index >= 15 is 0 Å². The molecule has 0 bridgehead atoms. The highest BCUT2D eigenvalue weighted by atomic mass is 35.5. The summed E-state index contributed by atoms with van der Waals surface area (Å²) in [5, 5.41) is 17.8. The Hall–Kier alpha value is -3.19. The van der Waals surface area contributed by atoms with E-state index in [1.54, 1.807) is 48.5 Å². The number of rotatable bonds is 1. The second-order valence-electron chi connectivity index (χ2n) is 5.10. The molecule has 0 unspecified atom stereocenters. The third-order valence-corrected chi connectivity index (χ3v) is 3.92. The van der Waals surface area contributed by atoms with E-state index in [0.29, 0.717) is 21.7 Å². The van der Waals surface area contributed by atoms with Crippen molar-refractivity contribution in [3.63, 3.8) is 0 Å². The Labute approximate surface area is 139 Å². The lowest BCUT2D eigenvalue weighted by Crippen LogP contribution is -2.16. The fourth-order valence-corrected chi connectivity index (χ4v) is 2.82. The van der Waals surface area contributed by atoms with Gasteiger partial charge in [-0.3, -0.25) is 9.36 Å². The summed E-state index contributed by atoms with van der Waals surface area (Å²) in [5.41, 5.74) is -0.200. The molecule has 2 aromatic carbocycles. The van der Waals surface area contributed by atoms with Crippen molar-refractivity contribution >= 4 is 22.6 Å². The standard InChI is InChI=1S/C16H9ClN4O3/c17-9-6-7-11-12(8-9)20(10-4-2-1-3-5-10)15(23)13(22)14-18-19-16(24)21(11)14/h1-8,22H. The number of hydrogen-bond acceptors (Lipinski definition) is 5. The Balaban J connectivity index is 2.36. The lowest BCUT2D eigenvalue weighted by atomic mass is 10.2. The first-order valence-electron chi connectivity index (χ1n) is 6.96. The molecule has 1 N–H and O–H groups in total. The predicted octanol–water partition coefficient (Wildman–Crippen LogP) is 1.73. The van der Waals surface area contributed by atoms with Crippen LogP contribution >= 0.6 is 11.6 Å². The zero-order valence-corrected chi connectivity index (χ0v) is 12.8. The largest absolute Gasteiger partial charge is 0.500 e. The molecule has 0 saturated heterocycles. The molecule has 0 atom stereocenters. The van der Waals surface area contributed by atoms with Gasteiger partial charge in [0.1, 0.15) is 0 Å². The van der Waals surface area contributed by atoms with Gasteiger partial charge in [0.25, 0.3) is 0 Å². The molecule has 8 heteroatoms. The number of para-hydroxylation sites is 1. The highest BCUT2D eigenvalue weighted by Crippen LogP contribution is 2.25. The molecule has 0 aromatic heterocycles. The molecule has 2 aliphatic rings. The molecule has 7 nitrogen and oxygen atoms in total.